The van der Waals surface area contributed by atoms with E-state index in [0.29, 0.717) is 11.1 Å². The number of benzene rings is 1. The number of halogens is 2. The van der Waals surface area contributed by atoms with E-state index < -0.39 is 0 Å². The minimum atomic E-state index is 0.131. The molecule has 1 fully saturated rings. The summed E-state index contributed by atoms with van der Waals surface area (Å²) in [7, 11) is 0. The van der Waals surface area contributed by atoms with Gasteiger partial charge >= 0.3 is 0 Å². The van der Waals surface area contributed by atoms with Gasteiger partial charge in [-0.1, -0.05) is 31.4 Å². The van der Waals surface area contributed by atoms with E-state index in [9.17, 15) is 4.79 Å². The van der Waals surface area contributed by atoms with Gasteiger partial charge in [-0.25, -0.2) is 0 Å². The van der Waals surface area contributed by atoms with Crippen molar-refractivity contribution in [2.45, 2.75) is 45.1 Å². The van der Waals surface area contributed by atoms with Crippen molar-refractivity contribution in [2.24, 2.45) is 0 Å². The lowest BCUT2D eigenvalue weighted by molar-refractivity contribution is 0.0678. The van der Waals surface area contributed by atoms with Crippen LogP contribution in [0.3, 0.4) is 0 Å². The highest BCUT2D eigenvalue weighted by molar-refractivity contribution is 9.10. The first-order chi connectivity index (χ1) is 9.13. The molecule has 1 aliphatic heterocycles. The second kappa shape index (κ2) is 6.76. The Morgan fingerprint density at radius 1 is 1.42 bits per heavy atom. The van der Waals surface area contributed by atoms with Gasteiger partial charge in [0.15, 0.2) is 0 Å². The van der Waals surface area contributed by atoms with E-state index >= 15 is 0 Å². The zero-order valence-corrected chi connectivity index (χ0v) is 13.5. The summed E-state index contributed by atoms with van der Waals surface area (Å²) < 4.78 is 0.780. The van der Waals surface area contributed by atoms with E-state index in [0.717, 1.165) is 35.8 Å². The van der Waals surface area contributed by atoms with E-state index in [1.165, 1.54) is 12.8 Å². The molecule has 0 bridgehead atoms. The molecule has 1 atom stereocenters. The molecule has 2 rings (SSSR count). The van der Waals surface area contributed by atoms with Gasteiger partial charge in [-0.15, -0.1) is 0 Å². The average molecular weight is 345 g/mol. The fourth-order valence-corrected chi connectivity index (χ4v) is 3.16. The number of carbonyl (C=O) groups excluding carboxylic acids is 1. The summed E-state index contributed by atoms with van der Waals surface area (Å²) in [4.78, 5) is 14.7. The van der Waals surface area contributed by atoms with Crippen molar-refractivity contribution in [3.8, 4) is 0 Å². The average Bonchev–Trinajstić information content (AvgIpc) is 2.66. The van der Waals surface area contributed by atoms with Crippen molar-refractivity contribution in [3.63, 3.8) is 0 Å². The molecule has 1 unspecified atom stereocenters. The fraction of sp³-hybridized carbons (Fsp3) is 0.533. The summed E-state index contributed by atoms with van der Waals surface area (Å²) in [6, 6.07) is 5.79. The highest BCUT2D eigenvalue weighted by atomic mass is 79.9. The third-order valence-electron chi connectivity index (χ3n) is 3.78. The minimum Gasteiger partial charge on any atom is -0.336 e. The van der Waals surface area contributed by atoms with E-state index in [1.807, 2.05) is 17.0 Å². The molecule has 0 radical (unpaired) electrons. The predicted molar refractivity (Wildman–Crippen MR) is 82.7 cm³/mol. The molecule has 1 amide bonds. The lowest BCUT2D eigenvalue weighted by atomic mass is 10.1. The lowest BCUT2D eigenvalue weighted by Crippen LogP contribution is -2.39. The molecule has 1 heterocycles. The van der Waals surface area contributed by atoms with Crippen molar-refractivity contribution in [2.75, 3.05) is 6.54 Å². The number of amides is 1. The van der Waals surface area contributed by atoms with Crippen molar-refractivity contribution in [1.29, 1.82) is 0 Å². The van der Waals surface area contributed by atoms with Crippen LogP contribution >= 0.6 is 27.5 Å². The van der Waals surface area contributed by atoms with Crippen LogP contribution in [0.1, 0.15) is 49.4 Å². The number of likely N-dealkylation sites (tertiary alicyclic amines) is 1. The molecule has 19 heavy (non-hydrogen) atoms. The van der Waals surface area contributed by atoms with Crippen molar-refractivity contribution >= 4 is 33.4 Å². The minimum absolute atomic E-state index is 0.131. The molecule has 1 aliphatic rings. The zero-order chi connectivity index (χ0) is 13.8. The number of hydrogen-bond acceptors (Lipinski definition) is 1. The van der Waals surface area contributed by atoms with Crippen LogP contribution in [0.15, 0.2) is 22.7 Å². The topological polar surface area (TPSA) is 20.3 Å². The quantitative estimate of drug-likeness (QED) is 0.747. The van der Waals surface area contributed by atoms with E-state index in [2.05, 4.69) is 22.9 Å². The van der Waals surface area contributed by atoms with Gasteiger partial charge in [-0.2, -0.15) is 0 Å². The molecular weight excluding hydrogens is 326 g/mol. The fourth-order valence-electron chi connectivity index (χ4n) is 2.66. The van der Waals surface area contributed by atoms with Crippen LogP contribution < -0.4 is 0 Å². The molecule has 0 aromatic heterocycles. The summed E-state index contributed by atoms with van der Waals surface area (Å²) >= 11 is 9.36. The predicted octanol–water partition coefficient (Wildman–Crippen LogP) is 4.90. The Balaban J connectivity index is 2.22. The summed E-state index contributed by atoms with van der Waals surface area (Å²) in [6.45, 7) is 3.03. The van der Waals surface area contributed by atoms with Gasteiger partial charge in [0.25, 0.3) is 5.91 Å². The molecule has 4 heteroatoms. The summed E-state index contributed by atoms with van der Waals surface area (Å²) in [6.07, 6.45) is 5.71. The van der Waals surface area contributed by atoms with Gasteiger partial charge in [-0.3, -0.25) is 4.79 Å². The lowest BCUT2D eigenvalue weighted by Gasteiger charge is -2.29. The third-order valence-corrected chi connectivity index (χ3v) is 4.99. The smallest absolute Gasteiger partial charge is 0.254 e. The van der Waals surface area contributed by atoms with E-state index in [4.69, 9.17) is 11.6 Å². The SMILES string of the molecule is CCC1CCCCCN1C(=O)c1ccc(Cl)c(Br)c1. The molecule has 0 N–H and O–H groups in total. The van der Waals surface area contributed by atoms with Gasteiger partial charge in [0.1, 0.15) is 0 Å². The first-order valence-electron chi connectivity index (χ1n) is 6.89. The van der Waals surface area contributed by atoms with Crippen LogP contribution in [-0.4, -0.2) is 23.4 Å². The molecular formula is C15H19BrClNO. The molecule has 0 saturated carbocycles. The van der Waals surface area contributed by atoms with Gasteiger partial charge < -0.3 is 4.90 Å². The second-order valence-electron chi connectivity index (χ2n) is 5.04. The zero-order valence-electron chi connectivity index (χ0n) is 11.2. The Hall–Kier alpha value is -0.540. The standard InChI is InChI=1S/C15H19BrClNO/c1-2-12-6-4-3-5-9-18(12)15(19)11-7-8-14(17)13(16)10-11/h7-8,10,12H,2-6,9H2,1H3. The van der Waals surface area contributed by atoms with Gasteiger partial charge in [0, 0.05) is 22.6 Å². The molecule has 2 nitrogen and oxygen atoms in total. The van der Waals surface area contributed by atoms with Gasteiger partial charge in [-0.05, 0) is 53.4 Å². The Morgan fingerprint density at radius 2 is 2.21 bits per heavy atom. The van der Waals surface area contributed by atoms with Gasteiger partial charge in [0.05, 0.1) is 5.02 Å². The van der Waals surface area contributed by atoms with Crippen LogP contribution in [0, 0.1) is 0 Å². The van der Waals surface area contributed by atoms with Gasteiger partial charge in [0.2, 0.25) is 0 Å². The first kappa shape index (κ1) is 14.9. The van der Waals surface area contributed by atoms with Crippen molar-refractivity contribution < 1.29 is 4.79 Å². The highest BCUT2D eigenvalue weighted by Gasteiger charge is 2.25. The second-order valence-corrected chi connectivity index (χ2v) is 6.30. The Kier molecular flexibility index (Phi) is 5.28. The Bertz CT molecular complexity index is 463. The normalized spacial score (nSPS) is 20.2. The van der Waals surface area contributed by atoms with Crippen LogP contribution in [0.5, 0.6) is 0 Å². The Labute approximate surface area is 128 Å². The largest absolute Gasteiger partial charge is 0.336 e. The van der Waals surface area contributed by atoms with Crippen molar-refractivity contribution in [1.82, 2.24) is 4.90 Å². The van der Waals surface area contributed by atoms with Crippen LogP contribution in [-0.2, 0) is 0 Å². The van der Waals surface area contributed by atoms with Crippen molar-refractivity contribution in [3.05, 3.63) is 33.3 Å². The van der Waals surface area contributed by atoms with E-state index in [1.54, 1.807) is 6.07 Å². The first-order valence-corrected chi connectivity index (χ1v) is 8.06. The maximum Gasteiger partial charge on any atom is 0.254 e. The summed E-state index contributed by atoms with van der Waals surface area (Å²) in [5, 5.41) is 0.638. The molecule has 1 aromatic rings. The molecule has 0 spiro atoms. The number of rotatable bonds is 2. The van der Waals surface area contributed by atoms with Crippen LogP contribution in [0.4, 0.5) is 0 Å². The molecule has 0 aliphatic carbocycles. The van der Waals surface area contributed by atoms with E-state index in [-0.39, 0.29) is 5.91 Å². The maximum absolute atomic E-state index is 12.6. The third kappa shape index (κ3) is 3.51. The summed E-state index contributed by atoms with van der Waals surface area (Å²) in [5.74, 6) is 0.131. The number of nitrogens with zero attached hydrogens (tertiary/aromatic N) is 1. The Morgan fingerprint density at radius 3 is 2.89 bits per heavy atom. The number of hydrogen-bond donors (Lipinski definition) is 0. The molecule has 1 aromatic carbocycles. The highest BCUT2D eigenvalue weighted by Crippen LogP contribution is 2.26. The number of carbonyl (C=O) groups is 1. The van der Waals surface area contributed by atoms with Crippen LogP contribution in [0.2, 0.25) is 5.02 Å². The van der Waals surface area contributed by atoms with Crippen LogP contribution in [0.25, 0.3) is 0 Å². The molecule has 1 saturated heterocycles. The maximum atomic E-state index is 12.6. The summed E-state index contributed by atoms with van der Waals surface area (Å²) in [5.41, 5.74) is 0.719. The molecule has 104 valence electrons. The monoisotopic (exact) mass is 343 g/mol.